The molecule has 1 aromatic carbocycles. The molecule has 2 amide bonds. The molecule has 5 nitrogen and oxygen atoms in total. The Morgan fingerprint density at radius 1 is 1.30 bits per heavy atom. The maximum atomic E-state index is 11.8. The normalized spacial score (nSPS) is 15.2. The first-order valence-electron chi connectivity index (χ1n) is 6.79. The van der Waals surface area contributed by atoms with Crippen LogP contribution < -0.4 is 5.32 Å². The highest BCUT2D eigenvalue weighted by Gasteiger charge is 2.23. The van der Waals surface area contributed by atoms with Crippen molar-refractivity contribution in [2.45, 2.75) is 32.7 Å². The molecule has 20 heavy (non-hydrogen) atoms. The van der Waals surface area contributed by atoms with Gasteiger partial charge in [0.25, 0.3) is 0 Å². The van der Waals surface area contributed by atoms with Crippen LogP contribution in [-0.2, 0) is 9.59 Å². The van der Waals surface area contributed by atoms with E-state index in [1.54, 1.807) is 0 Å². The van der Waals surface area contributed by atoms with E-state index in [4.69, 9.17) is 0 Å². The second-order valence-electron chi connectivity index (χ2n) is 5.09. The topological polar surface area (TPSA) is 61.8 Å². The number of rotatable bonds is 4. The molecule has 1 N–H and O–H groups in total. The first-order chi connectivity index (χ1) is 9.56. The van der Waals surface area contributed by atoms with Crippen molar-refractivity contribution in [1.82, 2.24) is 10.3 Å². The van der Waals surface area contributed by atoms with Crippen LogP contribution in [0.4, 0.5) is 0 Å². The molecule has 0 spiro atoms. The standard InChI is InChI=1S/C15H19N3O2/c1-11(2)16-14(19)10-18-15(20)9-8-13(17-18)12-6-4-3-5-7-12/h3-7,11H,8-10H2,1-2H3,(H,16,19). The lowest BCUT2D eigenvalue weighted by atomic mass is 10.0. The van der Waals surface area contributed by atoms with Gasteiger partial charge >= 0.3 is 0 Å². The summed E-state index contributed by atoms with van der Waals surface area (Å²) >= 11 is 0. The van der Waals surface area contributed by atoms with E-state index in [1.807, 2.05) is 44.2 Å². The van der Waals surface area contributed by atoms with E-state index >= 15 is 0 Å². The maximum absolute atomic E-state index is 11.8. The molecule has 0 radical (unpaired) electrons. The molecule has 0 aromatic heterocycles. The number of nitrogens with zero attached hydrogens (tertiary/aromatic N) is 2. The quantitative estimate of drug-likeness (QED) is 0.904. The van der Waals surface area contributed by atoms with E-state index in [0.717, 1.165) is 11.3 Å². The van der Waals surface area contributed by atoms with Gasteiger partial charge in [0.2, 0.25) is 11.8 Å². The number of carbonyl (C=O) groups excluding carboxylic acids is 2. The van der Waals surface area contributed by atoms with Crippen molar-refractivity contribution in [3.8, 4) is 0 Å². The summed E-state index contributed by atoms with van der Waals surface area (Å²) in [5.74, 6) is -0.296. The molecule has 106 valence electrons. The van der Waals surface area contributed by atoms with E-state index in [1.165, 1.54) is 5.01 Å². The summed E-state index contributed by atoms with van der Waals surface area (Å²) in [6, 6.07) is 9.78. The summed E-state index contributed by atoms with van der Waals surface area (Å²) in [5.41, 5.74) is 1.84. The molecular weight excluding hydrogens is 254 g/mol. The highest BCUT2D eigenvalue weighted by molar-refractivity contribution is 6.04. The summed E-state index contributed by atoms with van der Waals surface area (Å²) in [6.45, 7) is 3.75. The Bertz CT molecular complexity index is 523. The predicted octanol–water partition coefficient (Wildman–Crippen LogP) is 1.54. The average molecular weight is 273 g/mol. The number of hydrogen-bond donors (Lipinski definition) is 1. The minimum atomic E-state index is -0.189. The average Bonchev–Trinajstić information content (AvgIpc) is 2.41. The monoisotopic (exact) mass is 273 g/mol. The lowest BCUT2D eigenvalue weighted by molar-refractivity contribution is -0.136. The van der Waals surface area contributed by atoms with Gasteiger partial charge in [-0.1, -0.05) is 30.3 Å². The Hall–Kier alpha value is -2.17. The molecule has 1 aliphatic rings. The van der Waals surface area contributed by atoms with Crippen molar-refractivity contribution >= 4 is 17.5 Å². The number of hydrogen-bond acceptors (Lipinski definition) is 3. The van der Waals surface area contributed by atoms with Crippen molar-refractivity contribution in [3.63, 3.8) is 0 Å². The highest BCUT2D eigenvalue weighted by Crippen LogP contribution is 2.14. The zero-order valence-corrected chi connectivity index (χ0v) is 11.8. The zero-order valence-electron chi connectivity index (χ0n) is 11.8. The van der Waals surface area contributed by atoms with Crippen LogP contribution in [0.25, 0.3) is 0 Å². The third kappa shape index (κ3) is 3.66. The number of nitrogens with one attached hydrogen (secondary N) is 1. The van der Waals surface area contributed by atoms with E-state index in [9.17, 15) is 9.59 Å². The van der Waals surface area contributed by atoms with E-state index < -0.39 is 0 Å². The van der Waals surface area contributed by atoms with Crippen molar-refractivity contribution < 1.29 is 9.59 Å². The van der Waals surface area contributed by atoms with Crippen LogP contribution in [0.1, 0.15) is 32.3 Å². The van der Waals surface area contributed by atoms with Crippen molar-refractivity contribution in [2.24, 2.45) is 5.10 Å². The first-order valence-corrected chi connectivity index (χ1v) is 6.79. The zero-order chi connectivity index (χ0) is 14.5. The third-order valence-corrected chi connectivity index (χ3v) is 2.96. The molecule has 5 heteroatoms. The van der Waals surface area contributed by atoms with Crippen LogP contribution in [0.3, 0.4) is 0 Å². The van der Waals surface area contributed by atoms with Gasteiger partial charge in [0, 0.05) is 18.9 Å². The van der Waals surface area contributed by atoms with Gasteiger partial charge < -0.3 is 5.32 Å². The van der Waals surface area contributed by atoms with Crippen LogP contribution in [0.5, 0.6) is 0 Å². The SMILES string of the molecule is CC(C)NC(=O)CN1N=C(c2ccccc2)CCC1=O. The Morgan fingerprint density at radius 2 is 2.00 bits per heavy atom. The van der Waals surface area contributed by atoms with Crippen LogP contribution in [-0.4, -0.2) is 35.1 Å². The van der Waals surface area contributed by atoms with Gasteiger partial charge in [-0.15, -0.1) is 0 Å². The molecule has 0 unspecified atom stereocenters. The minimum Gasteiger partial charge on any atom is -0.352 e. The van der Waals surface area contributed by atoms with Crippen LogP contribution in [0.15, 0.2) is 35.4 Å². The van der Waals surface area contributed by atoms with Crippen LogP contribution in [0, 0.1) is 0 Å². The van der Waals surface area contributed by atoms with Gasteiger partial charge in [0.15, 0.2) is 0 Å². The van der Waals surface area contributed by atoms with Crippen molar-refractivity contribution in [2.75, 3.05) is 6.54 Å². The molecular formula is C15H19N3O2. The van der Waals surface area contributed by atoms with Crippen LogP contribution in [0.2, 0.25) is 0 Å². The smallest absolute Gasteiger partial charge is 0.243 e. The summed E-state index contributed by atoms with van der Waals surface area (Å²) in [6.07, 6.45) is 1.01. The predicted molar refractivity (Wildman–Crippen MR) is 77.2 cm³/mol. The van der Waals surface area contributed by atoms with E-state index in [2.05, 4.69) is 10.4 Å². The summed E-state index contributed by atoms with van der Waals surface area (Å²) in [4.78, 5) is 23.6. The maximum Gasteiger partial charge on any atom is 0.243 e. The Balaban J connectivity index is 2.11. The lowest BCUT2D eigenvalue weighted by Crippen LogP contribution is -2.42. The van der Waals surface area contributed by atoms with E-state index in [-0.39, 0.29) is 24.4 Å². The molecule has 0 saturated carbocycles. The van der Waals surface area contributed by atoms with Gasteiger partial charge in [-0.3, -0.25) is 9.59 Å². The van der Waals surface area contributed by atoms with Gasteiger partial charge in [0.1, 0.15) is 6.54 Å². The largest absolute Gasteiger partial charge is 0.352 e. The van der Waals surface area contributed by atoms with E-state index in [0.29, 0.717) is 12.8 Å². The number of amides is 2. The molecule has 1 aromatic rings. The summed E-state index contributed by atoms with van der Waals surface area (Å²) < 4.78 is 0. The molecule has 1 heterocycles. The molecule has 0 saturated heterocycles. The minimum absolute atomic E-state index is 0.0205. The highest BCUT2D eigenvalue weighted by atomic mass is 16.2. The molecule has 2 rings (SSSR count). The lowest BCUT2D eigenvalue weighted by Gasteiger charge is -2.23. The van der Waals surface area contributed by atoms with Gasteiger partial charge in [-0.05, 0) is 19.4 Å². The van der Waals surface area contributed by atoms with Crippen molar-refractivity contribution in [3.05, 3.63) is 35.9 Å². The van der Waals surface area contributed by atoms with Gasteiger partial charge in [0.05, 0.1) is 5.71 Å². The first kappa shape index (κ1) is 14.2. The van der Waals surface area contributed by atoms with Gasteiger partial charge in [-0.25, -0.2) is 5.01 Å². The second-order valence-corrected chi connectivity index (χ2v) is 5.09. The Morgan fingerprint density at radius 3 is 2.65 bits per heavy atom. The molecule has 0 atom stereocenters. The van der Waals surface area contributed by atoms with Crippen LogP contribution >= 0.6 is 0 Å². The fourth-order valence-corrected chi connectivity index (χ4v) is 2.07. The fourth-order valence-electron chi connectivity index (χ4n) is 2.07. The number of carbonyl (C=O) groups is 2. The molecule has 0 fully saturated rings. The molecule has 1 aliphatic heterocycles. The molecule has 0 aliphatic carbocycles. The van der Waals surface area contributed by atoms with Crippen molar-refractivity contribution in [1.29, 1.82) is 0 Å². The Labute approximate surface area is 118 Å². The third-order valence-electron chi connectivity index (χ3n) is 2.96. The summed E-state index contributed by atoms with van der Waals surface area (Å²) in [5, 5.41) is 8.35. The molecule has 0 bridgehead atoms. The second kappa shape index (κ2) is 6.32. The Kier molecular flexibility index (Phi) is 4.50. The number of benzene rings is 1. The number of hydrazone groups is 1. The summed E-state index contributed by atoms with van der Waals surface area (Å²) in [7, 11) is 0. The fraction of sp³-hybridized carbons (Fsp3) is 0.400. The van der Waals surface area contributed by atoms with Gasteiger partial charge in [-0.2, -0.15) is 5.10 Å².